The van der Waals surface area contributed by atoms with E-state index in [1.54, 1.807) is 11.3 Å². The van der Waals surface area contributed by atoms with Gasteiger partial charge in [0.05, 0.1) is 6.04 Å². The van der Waals surface area contributed by atoms with Crippen molar-refractivity contribution in [1.82, 2.24) is 4.90 Å². The zero-order valence-corrected chi connectivity index (χ0v) is 15.9. The highest BCUT2D eigenvalue weighted by Crippen LogP contribution is 2.36. The Hall–Kier alpha value is -2.43. The largest absolute Gasteiger partial charge is 0.480 e. The molecular weight excluding hydrogens is 354 g/mol. The molecule has 1 saturated heterocycles. The Morgan fingerprint density at radius 3 is 2.37 bits per heavy atom. The van der Waals surface area contributed by atoms with Crippen molar-refractivity contribution in [1.29, 1.82) is 0 Å². The minimum absolute atomic E-state index is 0.0116. The van der Waals surface area contributed by atoms with E-state index in [0.717, 1.165) is 31.4 Å². The van der Waals surface area contributed by atoms with Crippen molar-refractivity contribution in [2.24, 2.45) is 0 Å². The van der Waals surface area contributed by atoms with E-state index in [0.29, 0.717) is 0 Å². The van der Waals surface area contributed by atoms with E-state index >= 15 is 0 Å². The standard InChI is InChI=1S/C23H23NO2S/c25-23(26)21-8-4-5-14-24(21)22(20-13-15-27-16-20)19-11-9-18(10-12-19)17-6-2-1-3-7-17/h1-3,6-7,9-13,15-16,21-22H,4-5,8,14H2,(H,25,26). The summed E-state index contributed by atoms with van der Waals surface area (Å²) in [5.74, 6) is -0.712. The number of piperidine rings is 1. The molecular formula is C23H23NO2S. The van der Waals surface area contributed by atoms with E-state index in [1.807, 2.05) is 18.2 Å². The average molecular weight is 378 g/mol. The molecule has 2 atom stereocenters. The molecule has 0 aliphatic carbocycles. The summed E-state index contributed by atoms with van der Waals surface area (Å²) in [7, 11) is 0. The monoisotopic (exact) mass is 377 g/mol. The number of thiophene rings is 1. The molecule has 3 nitrogen and oxygen atoms in total. The number of nitrogens with zero attached hydrogens (tertiary/aromatic N) is 1. The number of benzene rings is 2. The van der Waals surface area contributed by atoms with Gasteiger partial charge in [-0.2, -0.15) is 11.3 Å². The van der Waals surface area contributed by atoms with E-state index in [2.05, 4.69) is 58.1 Å². The Balaban J connectivity index is 1.70. The minimum atomic E-state index is -0.712. The summed E-state index contributed by atoms with van der Waals surface area (Å²) in [4.78, 5) is 14.0. The van der Waals surface area contributed by atoms with Crippen LogP contribution in [0.15, 0.2) is 71.4 Å². The lowest BCUT2D eigenvalue weighted by Crippen LogP contribution is -2.46. The van der Waals surface area contributed by atoms with Crippen LogP contribution in [0.2, 0.25) is 0 Å². The number of hydrogen-bond acceptors (Lipinski definition) is 3. The molecule has 0 amide bonds. The maximum absolute atomic E-state index is 11.9. The molecule has 2 aromatic carbocycles. The number of carbonyl (C=O) groups is 1. The lowest BCUT2D eigenvalue weighted by Gasteiger charge is -2.39. The molecule has 3 aromatic rings. The summed E-state index contributed by atoms with van der Waals surface area (Å²) in [5.41, 5.74) is 4.70. The fraction of sp³-hybridized carbons (Fsp3) is 0.261. The second kappa shape index (κ2) is 8.07. The quantitative estimate of drug-likeness (QED) is 0.643. The number of likely N-dealkylation sites (tertiary alicyclic amines) is 1. The first-order valence-electron chi connectivity index (χ1n) is 9.40. The Morgan fingerprint density at radius 1 is 0.963 bits per heavy atom. The van der Waals surface area contributed by atoms with E-state index in [1.165, 1.54) is 16.7 Å². The van der Waals surface area contributed by atoms with Gasteiger partial charge in [-0.05, 0) is 58.5 Å². The van der Waals surface area contributed by atoms with Crippen molar-refractivity contribution in [3.8, 4) is 11.1 Å². The third kappa shape index (κ3) is 3.82. The Morgan fingerprint density at radius 2 is 1.70 bits per heavy atom. The first-order chi connectivity index (χ1) is 13.2. The van der Waals surface area contributed by atoms with Gasteiger partial charge >= 0.3 is 5.97 Å². The molecule has 0 bridgehead atoms. The van der Waals surface area contributed by atoms with E-state index in [9.17, 15) is 9.90 Å². The second-order valence-corrected chi connectivity index (χ2v) is 7.81. The molecule has 0 radical (unpaired) electrons. The molecule has 138 valence electrons. The SMILES string of the molecule is O=C(O)C1CCCCN1C(c1ccc(-c2ccccc2)cc1)c1ccsc1. The van der Waals surface area contributed by atoms with Gasteiger partial charge in [0.2, 0.25) is 0 Å². The molecule has 1 N–H and O–H groups in total. The first kappa shape index (κ1) is 18.0. The van der Waals surface area contributed by atoms with Crippen LogP contribution in [0.3, 0.4) is 0 Å². The van der Waals surface area contributed by atoms with Crippen molar-refractivity contribution < 1.29 is 9.90 Å². The van der Waals surface area contributed by atoms with Crippen LogP contribution >= 0.6 is 11.3 Å². The minimum Gasteiger partial charge on any atom is -0.480 e. The van der Waals surface area contributed by atoms with Crippen LogP contribution in [0.1, 0.15) is 36.4 Å². The molecule has 2 heterocycles. The molecule has 1 aromatic heterocycles. The predicted molar refractivity (Wildman–Crippen MR) is 110 cm³/mol. The van der Waals surface area contributed by atoms with Crippen molar-refractivity contribution in [2.45, 2.75) is 31.3 Å². The van der Waals surface area contributed by atoms with Gasteiger partial charge in [-0.1, -0.05) is 61.0 Å². The zero-order valence-electron chi connectivity index (χ0n) is 15.1. The summed E-state index contributed by atoms with van der Waals surface area (Å²) in [6.07, 6.45) is 2.75. The molecule has 0 spiro atoms. The van der Waals surface area contributed by atoms with Gasteiger partial charge in [0.1, 0.15) is 6.04 Å². The van der Waals surface area contributed by atoms with Crippen LogP contribution in [0.25, 0.3) is 11.1 Å². The van der Waals surface area contributed by atoms with E-state index in [-0.39, 0.29) is 6.04 Å². The highest BCUT2D eigenvalue weighted by Gasteiger charge is 2.35. The molecule has 1 aliphatic rings. The number of carboxylic acid groups (broad SMARTS) is 1. The topological polar surface area (TPSA) is 40.5 Å². The Bertz CT molecular complexity index is 875. The van der Waals surface area contributed by atoms with Gasteiger partial charge in [0, 0.05) is 0 Å². The van der Waals surface area contributed by atoms with Crippen molar-refractivity contribution in [3.05, 3.63) is 82.6 Å². The molecule has 27 heavy (non-hydrogen) atoms. The maximum Gasteiger partial charge on any atom is 0.320 e. The maximum atomic E-state index is 11.9. The number of rotatable bonds is 5. The molecule has 1 fully saturated rings. The van der Waals surface area contributed by atoms with Crippen LogP contribution in [0.4, 0.5) is 0 Å². The summed E-state index contributed by atoms with van der Waals surface area (Å²) in [6.45, 7) is 0.817. The highest BCUT2D eigenvalue weighted by atomic mass is 32.1. The fourth-order valence-corrected chi connectivity index (χ4v) is 4.70. The Labute approximate surface area is 163 Å². The third-order valence-corrected chi connectivity index (χ3v) is 6.05. The normalized spacial score (nSPS) is 18.9. The van der Waals surface area contributed by atoms with E-state index in [4.69, 9.17) is 0 Å². The van der Waals surface area contributed by atoms with Gasteiger partial charge in [0.25, 0.3) is 0 Å². The number of aliphatic carboxylic acids is 1. The van der Waals surface area contributed by atoms with Crippen LogP contribution in [0.5, 0.6) is 0 Å². The number of hydrogen-bond donors (Lipinski definition) is 1. The van der Waals surface area contributed by atoms with Crippen molar-refractivity contribution in [3.63, 3.8) is 0 Å². The zero-order chi connectivity index (χ0) is 18.6. The van der Waals surface area contributed by atoms with Gasteiger partial charge in [-0.25, -0.2) is 0 Å². The van der Waals surface area contributed by atoms with Crippen LogP contribution < -0.4 is 0 Å². The fourth-order valence-electron chi connectivity index (χ4n) is 4.02. The van der Waals surface area contributed by atoms with Crippen LogP contribution in [0, 0.1) is 0 Å². The van der Waals surface area contributed by atoms with Crippen LogP contribution in [-0.4, -0.2) is 28.6 Å². The molecule has 2 unspecified atom stereocenters. The lowest BCUT2D eigenvalue weighted by molar-refractivity contribution is -0.145. The van der Waals surface area contributed by atoms with Crippen molar-refractivity contribution in [2.75, 3.05) is 6.54 Å². The summed E-state index contributed by atoms with van der Waals surface area (Å²) in [5, 5.41) is 14.0. The number of carboxylic acids is 1. The third-order valence-electron chi connectivity index (χ3n) is 5.35. The van der Waals surface area contributed by atoms with Gasteiger partial charge in [0.15, 0.2) is 0 Å². The highest BCUT2D eigenvalue weighted by molar-refractivity contribution is 7.08. The molecule has 4 heteroatoms. The van der Waals surface area contributed by atoms with Gasteiger partial charge in [-0.3, -0.25) is 9.69 Å². The summed E-state index contributed by atoms with van der Waals surface area (Å²) < 4.78 is 0. The second-order valence-electron chi connectivity index (χ2n) is 7.03. The van der Waals surface area contributed by atoms with Gasteiger partial charge < -0.3 is 5.11 Å². The van der Waals surface area contributed by atoms with Crippen LogP contribution in [-0.2, 0) is 4.79 Å². The smallest absolute Gasteiger partial charge is 0.320 e. The Kier molecular flexibility index (Phi) is 5.37. The first-order valence-corrected chi connectivity index (χ1v) is 10.3. The van der Waals surface area contributed by atoms with Crippen molar-refractivity contribution >= 4 is 17.3 Å². The van der Waals surface area contributed by atoms with E-state index < -0.39 is 12.0 Å². The average Bonchev–Trinajstić information content (AvgIpc) is 3.24. The molecule has 1 aliphatic heterocycles. The predicted octanol–water partition coefficient (Wildman–Crippen LogP) is 5.44. The molecule has 4 rings (SSSR count). The summed E-state index contributed by atoms with van der Waals surface area (Å²) in [6, 6.07) is 20.6. The lowest BCUT2D eigenvalue weighted by atomic mass is 9.92. The molecule has 0 saturated carbocycles. The van der Waals surface area contributed by atoms with Gasteiger partial charge in [-0.15, -0.1) is 0 Å². The summed E-state index contributed by atoms with van der Waals surface area (Å²) >= 11 is 1.66.